The fraction of sp³-hybridized carbons (Fsp3) is 0.667. The van der Waals surface area contributed by atoms with Crippen LogP contribution in [0.4, 0.5) is 0 Å². The molecule has 0 aromatic carbocycles. The molecule has 3 heterocycles. The van der Waals surface area contributed by atoms with E-state index < -0.39 is 0 Å². The number of aromatic nitrogens is 2. The van der Waals surface area contributed by atoms with E-state index in [1.165, 1.54) is 43.4 Å². The third kappa shape index (κ3) is 3.74. The first kappa shape index (κ1) is 18.8. The summed E-state index contributed by atoms with van der Waals surface area (Å²) in [6.45, 7) is 11.4. The lowest BCUT2D eigenvalue weighted by Crippen LogP contribution is -2.53. The Morgan fingerprint density at radius 2 is 1.89 bits per heavy atom. The maximum Gasteiger partial charge on any atom is 0.261 e. The molecule has 1 aliphatic heterocycles. The van der Waals surface area contributed by atoms with Crippen LogP contribution in [-0.2, 0) is 0 Å². The minimum absolute atomic E-state index is 0.0183. The van der Waals surface area contributed by atoms with Crippen molar-refractivity contribution >= 4 is 27.5 Å². The zero-order valence-corrected chi connectivity index (χ0v) is 17.7. The van der Waals surface area contributed by atoms with E-state index in [1.54, 1.807) is 0 Å². The number of likely N-dealkylation sites (tertiary alicyclic amines) is 1. The van der Waals surface area contributed by atoms with Crippen LogP contribution >= 0.6 is 11.3 Å². The van der Waals surface area contributed by atoms with Crippen molar-refractivity contribution in [1.29, 1.82) is 0 Å². The number of fused-ring (bicyclic) bond motifs is 1. The lowest BCUT2D eigenvalue weighted by atomic mass is 9.98. The van der Waals surface area contributed by atoms with Gasteiger partial charge < -0.3 is 5.32 Å². The van der Waals surface area contributed by atoms with E-state index in [0.29, 0.717) is 12.5 Å². The second-order valence-electron chi connectivity index (χ2n) is 8.72. The van der Waals surface area contributed by atoms with Gasteiger partial charge in [0, 0.05) is 23.4 Å². The highest BCUT2D eigenvalue weighted by atomic mass is 32.1. The first-order valence-corrected chi connectivity index (χ1v) is 11.0. The van der Waals surface area contributed by atoms with Gasteiger partial charge in [0.25, 0.3) is 5.91 Å². The summed E-state index contributed by atoms with van der Waals surface area (Å²) in [6.07, 6.45) is 6.22. The molecule has 0 radical (unpaired) electrons. The van der Waals surface area contributed by atoms with E-state index >= 15 is 0 Å². The SMILES string of the molecule is Cc1nc(C2CC2)nc2sc(C(=O)NCC(C)(C)N3CCCCC3)c(C)c12. The smallest absolute Gasteiger partial charge is 0.261 e. The molecular weight excluding hydrogens is 356 g/mol. The normalized spacial score (nSPS) is 18.8. The van der Waals surface area contributed by atoms with Gasteiger partial charge in [0.05, 0.1) is 10.6 Å². The average molecular weight is 387 g/mol. The van der Waals surface area contributed by atoms with Gasteiger partial charge in [0.1, 0.15) is 10.7 Å². The van der Waals surface area contributed by atoms with Crippen LogP contribution in [0.15, 0.2) is 0 Å². The quantitative estimate of drug-likeness (QED) is 0.837. The zero-order valence-electron chi connectivity index (χ0n) is 16.9. The number of carbonyl (C=O) groups is 1. The second-order valence-corrected chi connectivity index (χ2v) is 9.72. The van der Waals surface area contributed by atoms with E-state index in [4.69, 9.17) is 9.97 Å². The van der Waals surface area contributed by atoms with Crippen LogP contribution in [0.5, 0.6) is 0 Å². The summed E-state index contributed by atoms with van der Waals surface area (Å²) in [7, 11) is 0. The maximum atomic E-state index is 12.9. The highest BCUT2D eigenvalue weighted by molar-refractivity contribution is 7.20. The highest BCUT2D eigenvalue weighted by Gasteiger charge is 2.30. The highest BCUT2D eigenvalue weighted by Crippen LogP contribution is 2.40. The van der Waals surface area contributed by atoms with Crippen molar-refractivity contribution in [1.82, 2.24) is 20.2 Å². The molecule has 0 spiro atoms. The fourth-order valence-corrected chi connectivity index (χ4v) is 5.24. The van der Waals surface area contributed by atoms with Crippen molar-refractivity contribution in [2.45, 2.75) is 71.3 Å². The van der Waals surface area contributed by atoms with Gasteiger partial charge in [0.2, 0.25) is 0 Å². The van der Waals surface area contributed by atoms with E-state index in [1.807, 2.05) is 13.8 Å². The Labute approximate surface area is 165 Å². The van der Waals surface area contributed by atoms with Crippen molar-refractivity contribution in [3.63, 3.8) is 0 Å². The number of nitrogens with zero attached hydrogens (tertiary/aromatic N) is 3. The fourth-order valence-electron chi connectivity index (χ4n) is 4.09. The number of amides is 1. The number of piperidine rings is 1. The van der Waals surface area contributed by atoms with Gasteiger partial charge in [-0.3, -0.25) is 9.69 Å². The molecule has 4 rings (SSSR count). The summed E-state index contributed by atoms with van der Waals surface area (Å²) in [4.78, 5) is 26.7. The van der Waals surface area contributed by atoms with Crippen molar-refractivity contribution in [3.8, 4) is 0 Å². The topological polar surface area (TPSA) is 58.1 Å². The molecule has 0 atom stereocenters. The summed E-state index contributed by atoms with van der Waals surface area (Å²) >= 11 is 1.51. The minimum Gasteiger partial charge on any atom is -0.349 e. The Hall–Kier alpha value is -1.53. The van der Waals surface area contributed by atoms with Crippen molar-refractivity contribution in [3.05, 3.63) is 22.0 Å². The van der Waals surface area contributed by atoms with Crippen LogP contribution in [-0.4, -0.2) is 45.9 Å². The van der Waals surface area contributed by atoms with Crippen molar-refractivity contribution < 1.29 is 4.79 Å². The summed E-state index contributed by atoms with van der Waals surface area (Å²) in [5.41, 5.74) is 2.00. The summed E-state index contributed by atoms with van der Waals surface area (Å²) in [6, 6.07) is 0. The van der Waals surface area contributed by atoms with Gasteiger partial charge in [0.15, 0.2) is 0 Å². The van der Waals surface area contributed by atoms with E-state index in [-0.39, 0.29) is 11.4 Å². The predicted octanol–water partition coefficient (Wildman–Crippen LogP) is 4.18. The Balaban J connectivity index is 1.52. The number of rotatable bonds is 5. The molecule has 0 bridgehead atoms. The Morgan fingerprint density at radius 3 is 2.56 bits per heavy atom. The Kier molecular flexibility index (Phi) is 4.97. The van der Waals surface area contributed by atoms with Gasteiger partial charge in [-0.25, -0.2) is 9.97 Å². The number of hydrogen-bond donors (Lipinski definition) is 1. The minimum atomic E-state index is -0.0183. The zero-order chi connectivity index (χ0) is 19.2. The molecule has 2 aliphatic rings. The summed E-state index contributed by atoms with van der Waals surface area (Å²) < 4.78 is 0. The van der Waals surface area contributed by atoms with Gasteiger partial charge in [-0.15, -0.1) is 11.3 Å². The molecule has 1 amide bonds. The van der Waals surface area contributed by atoms with Crippen LogP contribution < -0.4 is 5.32 Å². The van der Waals surface area contributed by atoms with Crippen LogP contribution in [0.1, 0.15) is 78.6 Å². The van der Waals surface area contributed by atoms with Gasteiger partial charge >= 0.3 is 0 Å². The standard InChI is InChI=1S/C21H30N4OS/c1-13-16-14(2)23-18(15-8-9-15)24-20(16)27-17(13)19(26)22-12-21(3,4)25-10-6-5-7-11-25/h15H,5-12H2,1-4H3,(H,22,26). The maximum absolute atomic E-state index is 12.9. The monoisotopic (exact) mass is 386 g/mol. The molecule has 2 aromatic heterocycles. The Morgan fingerprint density at radius 1 is 1.19 bits per heavy atom. The summed E-state index contributed by atoms with van der Waals surface area (Å²) in [5, 5.41) is 4.25. The molecule has 5 nitrogen and oxygen atoms in total. The molecule has 6 heteroatoms. The molecule has 0 unspecified atom stereocenters. The first-order valence-electron chi connectivity index (χ1n) is 10.2. The number of hydrogen-bond acceptors (Lipinski definition) is 5. The number of carbonyl (C=O) groups excluding carboxylic acids is 1. The van der Waals surface area contributed by atoms with Crippen LogP contribution in [0, 0.1) is 13.8 Å². The van der Waals surface area contributed by atoms with Crippen LogP contribution in [0.3, 0.4) is 0 Å². The van der Waals surface area contributed by atoms with E-state index in [9.17, 15) is 4.79 Å². The second kappa shape index (κ2) is 7.13. The molecule has 27 heavy (non-hydrogen) atoms. The molecule has 1 saturated carbocycles. The van der Waals surface area contributed by atoms with Crippen LogP contribution in [0.25, 0.3) is 10.2 Å². The summed E-state index contributed by atoms with van der Waals surface area (Å²) in [5.74, 6) is 1.51. The van der Waals surface area contributed by atoms with Crippen molar-refractivity contribution in [2.24, 2.45) is 0 Å². The average Bonchev–Trinajstić information content (AvgIpc) is 3.44. The van der Waals surface area contributed by atoms with E-state index in [2.05, 4.69) is 24.1 Å². The van der Waals surface area contributed by atoms with Crippen LogP contribution in [0.2, 0.25) is 0 Å². The molecule has 2 aromatic rings. The first-order chi connectivity index (χ1) is 12.9. The van der Waals surface area contributed by atoms with Gasteiger partial charge in [-0.05, 0) is 72.0 Å². The third-order valence-corrected chi connectivity index (χ3v) is 7.22. The third-order valence-electron chi connectivity index (χ3n) is 6.03. The number of aryl methyl sites for hydroxylation is 2. The largest absolute Gasteiger partial charge is 0.349 e. The molecule has 1 saturated heterocycles. The van der Waals surface area contributed by atoms with E-state index in [0.717, 1.165) is 45.3 Å². The lowest BCUT2D eigenvalue weighted by molar-refractivity contribution is 0.0800. The molecule has 2 fully saturated rings. The number of nitrogens with one attached hydrogen (secondary N) is 1. The molecule has 1 aliphatic carbocycles. The molecule has 1 N–H and O–H groups in total. The predicted molar refractivity (Wildman–Crippen MR) is 111 cm³/mol. The lowest BCUT2D eigenvalue weighted by Gasteiger charge is -2.41. The number of thiophene rings is 1. The van der Waals surface area contributed by atoms with Crippen molar-refractivity contribution in [2.75, 3.05) is 19.6 Å². The molecule has 146 valence electrons. The van der Waals surface area contributed by atoms with Gasteiger partial charge in [-0.1, -0.05) is 6.42 Å². The Bertz CT molecular complexity index is 863. The molecular formula is C21H30N4OS. The van der Waals surface area contributed by atoms with Gasteiger partial charge in [-0.2, -0.15) is 0 Å².